The van der Waals surface area contributed by atoms with Crippen molar-refractivity contribution >= 4 is 29.5 Å². The van der Waals surface area contributed by atoms with Gasteiger partial charge >= 0.3 is 0 Å². The summed E-state index contributed by atoms with van der Waals surface area (Å²) in [6.45, 7) is 13.6. The Morgan fingerprint density at radius 1 is 1.03 bits per heavy atom. The largest absolute Gasteiger partial charge is 0.394 e. The van der Waals surface area contributed by atoms with Crippen molar-refractivity contribution in [3.63, 3.8) is 0 Å². The first-order valence-electron chi connectivity index (χ1n) is 13.2. The van der Waals surface area contributed by atoms with Crippen LogP contribution < -0.4 is 0 Å². The molecule has 0 aromatic heterocycles. The second-order valence-corrected chi connectivity index (χ2v) is 12.8. The van der Waals surface area contributed by atoms with E-state index < -0.39 is 33.4 Å². The smallest absolute Gasteiger partial charge is 0.247 e. The molecule has 3 amide bonds. The summed E-state index contributed by atoms with van der Waals surface area (Å²) < 4.78 is -1.44. The molecule has 2 fully saturated rings. The standard InChI is InChI=1S/C27H41N3O4S/c1-7-13-28-14-9-11-26(6)20(23(28)32)21-24(33)30(19(16-31)18(5)8-2)22-25(34)29(17(3)4)15-10-12-27(21,22)35-26/h9-12,17-22,31H,7-8,13-16H2,1-6H3/t18-,19-,20-,21-,22?,26+,27-/m0/s1. The first-order valence-corrected chi connectivity index (χ1v) is 14.0. The highest BCUT2D eigenvalue weighted by atomic mass is 32.2. The van der Waals surface area contributed by atoms with E-state index in [0.29, 0.717) is 19.6 Å². The summed E-state index contributed by atoms with van der Waals surface area (Å²) in [5.41, 5.74) is 0. The quantitative estimate of drug-likeness (QED) is 0.541. The lowest BCUT2D eigenvalue weighted by Gasteiger charge is -2.42. The van der Waals surface area contributed by atoms with E-state index in [-0.39, 0.29) is 36.3 Å². The number of amides is 3. The van der Waals surface area contributed by atoms with Gasteiger partial charge < -0.3 is 19.8 Å². The molecule has 35 heavy (non-hydrogen) atoms. The van der Waals surface area contributed by atoms with Gasteiger partial charge in [-0.25, -0.2) is 0 Å². The average Bonchev–Trinajstić information content (AvgIpc) is 3.08. The molecule has 0 bridgehead atoms. The van der Waals surface area contributed by atoms with E-state index in [9.17, 15) is 19.5 Å². The Morgan fingerprint density at radius 2 is 1.71 bits per heavy atom. The molecule has 0 aromatic carbocycles. The summed E-state index contributed by atoms with van der Waals surface area (Å²) in [7, 11) is 0. The minimum atomic E-state index is -0.854. The SMILES string of the molecule is CCCN1CC=C[C@@]2(C)S[C@]34C=CCN(C(C)C)C(=O)C3N([C@@H](CO)[C@@H](C)CC)C(=O)[C@@H]4[C@H]2C1=O. The fourth-order valence-corrected chi connectivity index (χ4v) is 8.78. The van der Waals surface area contributed by atoms with E-state index in [2.05, 4.69) is 26.0 Å². The fraction of sp³-hybridized carbons (Fsp3) is 0.741. The molecule has 7 atom stereocenters. The minimum Gasteiger partial charge on any atom is -0.394 e. The van der Waals surface area contributed by atoms with Gasteiger partial charge in [-0.15, -0.1) is 11.8 Å². The van der Waals surface area contributed by atoms with Crippen molar-refractivity contribution < 1.29 is 19.5 Å². The summed E-state index contributed by atoms with van der Waals surface area (Å²) in [5, 5.41) is 10.5. The number of hydrogen-bond donors (Lipinski definition) is 1. The topological polar surface area (TPSA) is 81.2 Å². The van der Waals surface area contributed by atoms with Crippen LogP contribution in [0.15, 0.2) is 24.3 Å². The number of nitrogens with zero attached hydrogens (tertiary/aromatic N) is 3. The lowest BCUT2D eigenvalue weighted by atomic mass is 9.74. The minimum absolute atomic E-state index is 0.00225. The Labute approximate surface area is 214 Å². The molecule has 0 saturated carbocycles. The van der Waals surface area contributed by atoms with Gasteiger partial charge in [0.15, 0.2) is 0 Å². The Balaban J connectivity index is 1.91. The first kappa shape index (κ1) is 26.3. The third kappa shape index (κ3) is 3.86. The lowest BCUT2D eigenvalue weighted by molar-refractivity contribution is -0.148. The molecule has 4 rings (SSSR count). The normalized spacial score (nSPS) is 36.3. The molecule has 1 spiro atoms. The maximum Gasteiger partial charge on any atom is 0.247 e. The van der Waals surface area contributed by atoms with Crippen LogP contribution >= 0.6 is 11.8 Å². The molecular formula is C27H41N3O4S. The molecule has 194 valence electrons. The van der Waals surface area contributed by atoms with E-state index >= 15 is 0 Å². The van der Waals surface area contributed by atoms with Crippen LogP contribution in [0.1, 0.15) is 54.4 Å². The van der Waals surface area contributed by atoms with Crippen molar-refractivity contribution in [3.05, 3.63) is 24.3 Å². The Bertz CT molecular complexity index is 935. The molecule has 0 aromatic rings. The highest BCUT2D eigenvalue weighted by Crippen LogP contribution is 2.66. The monoisotopic (exact) mass is 503 g/mol. The van der Waals surface area contributed by atoms with E-state index in [4.69, 9.17) is 0 Å². The van der Waals surface area contributed by atoms with E-state index in [1.165, 1.54) is 0 Å². The zero-order valence-corrected chi connectivity index (χ0v) is 22.8. The van der Waals surface area contributed by atoms with Crippen LogP contribution in [0.25, 0.3) is 0 Å². The molecule has 1 N–H and O–H groups in total. The number of likely N-dealkylation sites (tertiary alicyclic amines) is 1. The molecule has 1 unspecified atom stereocenters. The number of aliphatic hydroxyl groups is 1. The van der Waals surface area contributed by atoms with Crippen molar-refractivity contribution in [2.75, 3.05) is 26.2 Å². The number of thioether (sulfide) groups is 1. The van der Waals surface area contributed by atoms with Crippen LogP contribution in [0.2, 0.25) is 0 Å². The Kier molecular flexibility index (Phi) is 7.19. The van der Waals surface area contributed by atoms with Gasteiger partial charge in [0, 0.05) is 30.4 Å². The molecule has 4 aliphatic rings. The number of aliphatic hydroxyl groups excluding tert-OH is 1. The van der Waals surface area contributed by atoms with Gasteiger partial charge in [-0.3, -0.25) is 14.4 Å². The van der Waals surface area contributed by atoms with Crippen molar-refractivity contribution in [1.29, 1.82) is 0 Å². The predicted molar refractivity (Wildman–Crippen MR) is 139 cm³/mol. The van der Waals surface area contributed by atoms with Gasteiger partial charge in [0.05, 0.1) is 29.2 Å². The molecule has 0 radical (unpaired) electrons. The van der Waals surface area contributed by atoms with Crippen LogP contribution in [-0.2, 0) is 14.4 Å². The Hall–Kier alpha value is -1.80. The second kappa shape index (κ2) is 9.58. The maximum atomic E-state index is 14.4. The average molecular weight is 504 g/mol. The third-order valence-corrected chi connectivity index (χ3v) is 10.4. The van der Waals surface area contributed by atoms with Crippen molar-refractivity contribution in [3.8, 4) is 0 Å². The van der Waals surface area contributed by atoms with Crippen LogP contribution in [0, 0.1) is 17.8 Å². The van der Waals surface area contributed by atoms with E-state index in [1.54, 1.807) is 16.7 Å². The zero-order chi connectivity index (χ0) is 25.7. The first-order chi connectivity index (χ1) is 16.6. The van der Waals surface area contributed by atoms with Crippen molar-refractivity contribution in [1.82, 2.24) is 14.7 Å². The second-order valence-electron chi connectivity index (χ2n) is 11.1. The zero-order valence-electron chi connectivity index (χ0n) is 21.9. The maximum absolute atomic E-state index is 14.4. The summed E-state index contributed by atoms with van der Waals surface area (Å²) in [6.07, 6.45) is 9.83. The number of rotatable bonds is 7. The number of hydrogen-bond acceptors (Lipinski definition) is 5. The van der Waals surface area contributed by atoms with Crippen LogP contribution in [0.4, 0.5) is 0 Å². The van der Waals surface area contributed by atoms with Gasteiger partial charge in [0.1, 0.15) is 6.04 Å². The van der Waals surface area contributed by atoms with E-state index in [1.807, 2.05) is 49.6 Å². The van der Waals surface area contributed by atoms with Crippen LogP contribution in [0.3, 0.4) is 0 Å². The van der Waals surface area contributed by atoms with Gasteiger partial charge in [0.2, 0.25) is 17.7 Å². The number of carbonyl (C=O) groups excluding carboxylic acids is 3. The third-order valence-electron chi connectivity index (χ3n) is 8.57. The molecule has 7 nitrogen and oxygen atoms in total. The molecule has 0 aliphatic carbocycles. The van der Waals surface area contributed by atoms with E-state index in [0.717, 1.165) is 12.8 Å². The van der Waals surface area contributed by atoms with Crippen molar-refractivity contribution in [2.24, 2.45) is 17.8 Å². The lowest BCUT2D eigenvalue weighted by Crippen LogP contribution is -2.58. The van der Waals surface area contributed by atoms with Crippen LogP contribution in [-0.4, -0.2) is 91.4 Å². The summed E-state index contributed by atoms with van der Waals surface area (Å²) in [5.74, 6) is -1.45. The van der Waals surface area contributed by atoms with Gasteiger partial charge in [-0.2, -0.15) is 0 Å². The fourth-order valence-electron chi connectivity index (χ4n) is 6.64. The van der Waals surface area contributed by atoms with Crippen LogP contribution in [0.5, 0.6) is 0 Å². The highest BCUT2D eigenvalue weighted by molar-refractivity contribution is 8.02. The molecule has 8 heteroatoms. The number of fused-ring (bicyclic) bond motifs is 2. The molecule has 4 aliphatic heterocycles. The molecular weight excluding hydrogens is 462 g/mol. The van der Waals surface area contributed by atoms with Crippen molar-refractivity contribution in [2.45, 2.75) is 82.0 Å². The highest BCUT2D eigenvalue weighted by Gasteiger charge is 2.74. The Morgan fingerprint density at radius 3 is 2.31 bits per heavy atom. The predicted octanol–water partition coefficient (Wildman–Crippen LogP) is 2.70. The summed E-state index contributed by atoms with van der Waals surface area (Å²) in [4.78, 5) is 48.0. The molecule has 4 heterocycles. The molecule has 2 saturated heterocycles. The van der Waals surface area contributed by atoms with Gasteiger partial charge in [-0.1, -0.05) is 51.5 Å². The van der Waals surface area contributed by atoms with Gasteiger partial charge in [-0.05, 0) is 33.1 Å². The summed E-state index contributed by atoms with van der Waals surface area (Å²) >= 11 is 1.61. The van der Waals surface area contributed by atoms with Gasteiger partial charge in [0.25, 0.3) is 0 Å². The summed E-state index contributed by atoms with van der Waals surface area (Å²) in [6, 6.07) is -1.25. The number of carbonyl (C=O) groups is 3.